The first-order valence-corrected chi connectivity index (χ1v) is 8.52. The van der Waals surface area contributed by atoms with Gasteiger partial charge in [-0.2, -0.15) is 4.37 Å². The third kappa shape index (κ3) is 3.70. The van der Waals surface area contributed by atoms with Crippen LogP contribution in [0.25, 0.3) is 0 Å². The summed E-state index contributed by atoms with van der Waals surface area (Å²) < 4.78 is 4.53. The van der Waals surface area contributed by atoms with Crippen LogP contribution in [0.2, 0.25) is 0 Å². The zero-order chi connectivity index (χ0) is 14.8. The van der Waals surface area contributed by atoms with Crippen LogP contribution in [-0.2, 0) is 5.41 Å². The highest BCUT2D eigenvalue weighted by molar-refractivity contribution is 7.09. The van der Waals surface area contributed by atoms with Crippen LogP contribution in [-0.4, -0.2) is 47.0 Å². The fraction of sp³-hybridized carbons (Fsp3) is 0.867. The Morgan fingerprint density at radius 1 is 1.30 bits per heavy atom. The summed E-state index contributed by atoms with van der Waals surface area (Å²) in [4.78, 5) is 9.68. The molecule has 0 saturated carbocycles. The summed E-state index contributed by atoms with van der Waals surface area (Å²) in [5, 5.41) is 1.11. The molecule has 4 nitrogen and oxygen atoms in total. The van der Waals surface area contributed by atoms with Crippen molar-refractivity contribution in [1.29, 1.82) is 0 Å². The van der Waals surface area contributed by atoms with Crippen molar-refractivity contribution >= 4 is 16.7 Å². The van der Waals surface area contributed by atoms with Crippen LogP contribution in [0.1, 0.15) is 46.9 Å². The molecule has 1 aliphatic heterocycles. The van der Waals surface area contributed by atoms with Gasteiger partial charge >= 0.3 is 0 Å². The minimum absolute atomic E-state index is 0.0507. The SMILES string of the molecule is CCN(CC)CC1CCN(c2nc(C(C)(C)C)ns2)C1. The lowest BCUT2D eigenvalue weighted by Gasteiger charge is -2.22. The molecule has 20 heavy (non-hydrogen) atoms. The largest absolute Gasteiger partial charge is 0.347 e. The van der Waals surface area contributed by atoms with Crippen LogP contribution in [0, 0.1) is 5.92 Å². The van der Waals surface area contributed by atoms with Crippen molar-refractivity contribution in [3.8, 4) is 0 Å². The summed E-state index contributed by atoms with van der Waals surface area (Å²) in [7, 11) is 0. The van der Waals surface area contributed by atoms with Crippen LogP contribution >= 0.6 is 11.5 Å². The first-order chi connectivity index (χ1) is 9.44. The van der Waals surface area contributed by atoms with E-state index in [1.54, 1.807) is 11.5 Å². The molecule has 1 aromatic rings. The minimum Gasteiger partial charge on any atom is -0.347 e. The third-order valence-electron chi connectivity index (χ3n) is 4.05. The molecule has 0 amide bonds. The molecule has 0 aliphatic carbocycles. The van der Waals surface area contributed by atoms with E-state index in [1.807, 2.05) is 0 Å². The van der Waals surface area contributed by atoms with Gasteiger partial charge in [0.1, 0.15) is 5.82 Å². The lowest BCUT2D eigenvalue weighted by atomic mass is 9.96. The predicted octanol–water partition coefficient (Wildman–Crippen LogP) is 3.00. The molecule has 0 bridgehead atoms. The van der Waals surface area contributed by atoms with E-state index >= 15 is 0 Å². The molecule has 5 heteroatoms. The first-order valence-electron chi connectivity index (χ1n) is 7.75. The molecule has 2 heterocycles. The van der Waals surface area contributed by atoms with Gasteiger partial charge in [0, 0.05) is 36.6 Å². The normalized spacial score (nSPS) is 20.1. The zero-order valence-corrected chi connectivity index (χ0v) is 14.3. The lowest BCUT2D eigenvalue weighted by Crippen LogP contribution is -2.31. The number of hydrogen-bond donors (Lipinski definition) is 0. The van der Waals surface area contributed by atoms with Gasteiger partial charge in [0.25, 0.3) is 0 Å². The monoisotopic (exact) mass is 296 g/mol. The molecule has 0 N–H and O–H groups in total. The summed E-state index contributed by atoms with van der Waals surface area (Å²) >= 11 is 1.56. The summed E-state index contributed by atoms with van der Waals surface area (Å²) in [5.74, 6) is 1.75. The Morgan fingerprint density at radius 3 is 2.55 bits per heavy atom. The van der Waals surface area contributed by atoms with E-state index < -0.39 is 0 Å². The smallest absolute Gasteiger partial charge is 0.205 e. The maximum Gasteiger partial charge on any atom is 0.205 e. The van der Waals surface area contributed by atoms with E-state index in [9.17, 15) is 0 Å². The average Bonchev–Trinajstić information content (AvgIpc) is 3.03. The van der Waals surface area contributed by atoms with Crippen molar-refractivity contribution in [3.63, 3.8) is 0 Å². The summed E-state index contributed by atoms with van der Waals surface area (Å²) in [6.07, 6.45) is 1.28. The predicted molar refractivity (Wildman–Crippen MR) is 86.7 cm³/mol. The summed E-state index contributed by atoms with van der Waals surface area (Å²) in [6.45, 7) is 16.8. The molecule has 1 fully saturated rings. The van der Waals surface area contributed by atoms with E-state index in [4.69, 9.17) is 4.98 Å². The van der Waals surface area contributed by atoms with E-state index in [0.29, 0.717) is 0 Å². The number of hydrogen-bond acceptors (Lipinski definition) is 5. The van der Waals surface area contributed by atoms with Gasteiger partial charge < -0.3 is 9.80 Å². The zero-order valence-electron chi connectivity index (χ0n) is 13.5. The maximum absolute atomic E-state index is 4.74. The Hall–Kier alpha value is -0.680. The molecule has 0 spiro atoms. The van der Waals surface area contributed by atoms with Crippen molar-refractivity contribution in [3.05, 3.63) is 5.82 Å². The molecule has 1 saturated heterocycles. The highest BCUT2D eigenvalue weighted by Crippen LogP contribution is 2.29. The maximum atomic E-state index is 4.74. The molecule has 0 aromatic carbocycles. The quantitative estimate of drug-likeness (QED) is 0.836. The lowest BCUT2D eigenvalue weighted by molar-refractivity contribution is 0.261. The highest BCUT2D eigenvalue weighted by Gasteiger charge is 2.27. The topological polar surface area (TPSA) is 32.3 Å². The average molecular weight is 296 g/mol. The molecular weight excluding hydrogens is 268 g/mol. The molecule has 0 radical (unpaired) electrons. The van der Waals surface area contributed by atoms with Gasteiger partial charge in [-0.25, -0.2) is 4.98 Å². The van der Waals surface area contributed by atoms with Gasteiger partial charge in [-0.15, -0.1) is 0 Å². The molecule has 114 valence electrons. The first kappa shape index (κ1) is 15.7. The second-order valence-electron chi connectivity index (χ2n) is 6.74. The Labute approximate surface area is 127 Å². The minimum atomic E-state index is 0.0507. The molecule has 1 aromatic heterocycles. The second kappa shape index (κ2) is 6.39. The standard InChI is InChI=1S/C15H28N4S/c1-6-18(7-2)10-12-8-9-19(11-12)14-16-13(17-20-14)15(3,4)5/h12H,6-11H2,1-5H3. The molecule has 1 aliphatic rings. The Bertz CT molecular complexity index is 420. The number of aromatic nitrogens is 2. The summed E-state index contributed by atoms with van der Waals surface area (Å²) in [5.41, 5.74) is 0.0507. The van der Waals surface area contributed by atoms with Gasteiger partial charge in [0.05, 0.1) is 0 Å². The number of rotatable bonds is 5. The molecule has 1 unspecified atom stereocenters. The van der Waals surface area contributed by atoms with E-state index in [1.165, 1.54) is 13.0 Å². The van der Waals surface area contributed by atoms with E-state index in [-0.39, 0.29) is 5.41 Å². The summed E-state index contributed by atoms with van der Waals surface area (Å²) in [6, 6.07) is 0. The van der Waals surface area contributed by atoms with Crippen molar-refractivity contribution in [2.45, 2.75) is 46.5 Å². The van der Waals surface area contributed by atoms with Gasteiger partial charge in [-0.3, -0.25) is 0 Å². The van der Waals surface area contributed by atoms with Crippen LogP contribution in [0.15, 0.2) is 0 Å². The third-order valence-corrected chi connectivity index (χ3v) is 4.83. The second-order valence-corrected chi connectivity index (χ2v) is 7.47. The molecular formula is C15H28N4S. The number of anilines is 1. The van der Waals surface area contributed by atoms with Gasteiger partial charge in [-0.05, 0) is 25.4 Å². The Morgan fingerprint density at radius 2 is 2.00 bits per heavy atom. The van der Waals surface area contributed by atoms with Crippen LogP contribution in [0.5, 0.6) is 0 Å². The molecule has 1 atom stereocenters. The Kier molecular flexibility index (Phi) is 5.02. The van der Waals surface area contributed by atoms with Gasteiger partial charge in [-0.1, -0.05) is 34.6 Å². The van der Waals surface area contributed by atoms with Crippen LogP contribution in [0.4, 0.5) is 5.13 Å². The van der Waals surface area contributed by atoms with Gasteiger partial charge in [0.15, 0.2) is 0 Å². The van der Waals surface area contributed by atoms with Crippen molar-refractivity contribution in [2.75, 3.05) is 37.6 Å². The fourth-order valence-electron chi connectivity index (χ4n) is 2.65. The van der Waals surface area contributed by atoms with Crippen molar-refractivity contribution in [2.24, 2.45) is 5.92 Å². The van der Waals surface area contributed by atoms with Crippen molar-refractivity contribution in [1.82, 2.24) is 14.3 Å². The number of nitrogens with zero attached hydrogens (tertiary/aromatic N) is 4. The van der Waals surface area contributed by atoms with E-state index in [2.05, 4.69) is 48.8 Å². The molecule has 2 rings (SSSR count). The highest BCUT2D eigenvalue weighted by atomic mass is 32.1. The fourth-order valence-corrected chi connectivity index (χ4v) is 3.54. The van der Waals surface area contributed by atoms with Crippen LogP contribution < -0.4 is 4.90 Å². The van der Waals surface area contributed by atoms with Crippen molar-refractivity contribution < 1.29 is 0 Å². The van der Waals surface area contributed by atoms with Crippen LogP contribution in [0.3, 0.4) is 0 Å². The van der Waals surface area contributed by atoms with Gasteiger partial charge in [0.2, 0.25) is 5.13 Å². The Balaban J connectivity index is 1.94. The van der Waals surface area contributed by atoms with E-state index in [0.717, 1.165) is 43.1 Å².